The summed E-state index contributed by atoms with van der Waals surface area (Å²) in [7, 11) is 0. The summed E-state index contributed by atoms with van der Waals surface area (Å²) in [4.78, 5) is 26.5. The van der Waals surface area contributed by atoms with Gasteiger partial charge < -0.3 is 19.3 Å². The number of amides is 1. The minimum atomic E-state index is -1.28. The summed E-state index contributed by atoms with van der Waals surface area (Å²) in [5.74, 6) is -0.415. The molecule has 1 fully saturated rings. The fraction of sp³-hybridized carbons (Fsp3) is 0.400. The third kappa shape index (κ3) is 3.59. The molecular weight excluding hydrogens is 332 g/mol. The number of aromatic nitrogens is 1. The van der Waals surface area contributed by atoms with E-state index in [4.69, 9.17) is 4.74 Å². The van der Waals surface area contributed by atoms with E-state index in [-0.39, 0.29) is 24.8 Å². The Hall–Kier alpha value is -2.76. The van der Waals surface area contributed by atoms with E-state index in [1.165, 1.54) is 0 Å². The van der Waals surface area contributed by atoms with Crippen molar-refractivity contribution in [3.63, 3.8) is 0 Å². The monoisotopic (exact) mass is 356 g/mol. The van der Waals surface area contributed by atoms with Crippen LogP contribution in [0.2, 0.25) is 0 Å². The second-order valence-corrected chi connectivity index (χ2v) is 6.59. The SMILES string of the molecule is CCC(C(=O)N1CCC(Oc2ccccc2)(C(=O)O)CC1)n1cccc1. The van der Waals surface area contributed by atoms with E-state index in [0.29, 0.717) is 25.3 Å². The molecule has 1 aromatic carbocycles. The first kappa shape index (κ1) is 18.0. The Morgan fingerprint density at radius 3 is 2.27 bits per heavy atom. The molecule has 1 N–H and O–H groups in total. The van der Waals surface area contributed by atoms with Gasteiger partial charge in [-0.1, -0.05) is 25.1 Å². The molecule has 2 aromatic rings. The summed E-state index contributed by atoms with van der Waals surface area (Å²) in [6.45, 7) is 2.72. The van der Waals surface area contributed by atoms with Crippen LogP contribution >= 0.6 is 0 Å². The van der Waals surface area contributed by atoms with Crippen LogP contribution in [0.3, 0.4) is 0 Å². The van der Waals surface area contributed by atoms with E-state index in [2.05, 4.69) is 0 Å². The van der Waals surface area contributed by atoms with Gasteiger partial charge in [-0.2, -0.15) is 0 Å². The zero-order chi connectivity index (χ0) is 18.6. The predicted octanol–water partition coefficient (Wildman–Crippen LogP) is 2.96. The molecule has 1 saturated heterocycles. The molecule has 2 heterocycles. The molecule has 1 aromatic heterocycles. The minimum Gasteiger partial charge on any atom is -0.478 e. The van der Waals surface area contributed by atoms with E-state index >= 15 is 0 Å². The normalized spacial score (nSPS) is 17.5. The zero-order valence-electron chi connectivity index (χ0n) is 14.9. The molecular formula is C20H24N2O4. The zero-order valence-corrected chi connectivity index (χ0v) is 14.9. The molecule has 1 aliphatic rings. The van der Waals surface area contributed by atoms with Crippen LogP contribution in [0.25, 0.3) is 0 Å². The average Bonchev–Trinajstić information content (AvgIpc) is 3.18. The fourth-order valence-electron chi connectivity index (χ4n) is 3.44. The van der Waals surface area contributed by atoms with Gasteiger partial charge in [0.25, 0.3) is 0 Å². The van der Waals surface area contributed by atoms with E-state index in [1.54, 1.807) is 17.0 Å². The van der Waals surface area contributed by atoms with Gasteiger partial charge in [0.1, 0.15) is 11.8 Å². The molecule has 26 heavy (non-hydrogen) atoms. The summed E-state index contributed by atoms with van der Waals surface area (Å²) >= 11 is 0. The van der Waals surface area contributed by atoms with Crippen molar-refractivity contribution in [1.82, 2.24) is 9.47 Å². The number of piperidine rings is 1. The molecule has 1 unspecified atom stereocenters. The van der Waals surface area contributed by atoms with Crippen molar-refractivity contribution in [3.8, 4) is 5.75 Å². The van der Waals surface area contributed by atoms with E-state index < -0.39 is 11.6 Å². The maximum absolute atomic E-state index is 12.9. The van der Waals surface area contributed by atoms with Gasteiger partial charge in [0.15, 0.2) is 0 Å². The number of carbonyl (C=O) groups is 2. The first-order valence-electron chi connectivity index (χ1n) is 8.94. The summed E-state index contributed by atoms with van der Waals surface area (Å²) in [6.07, 6.45) is 5.00. The molecule has 1 atom stereocenters. The van der Waals surface area contributed by atoms with Crippen LogP contribution in [0.4, 0.5) is 0 Å². The Labute approximate surface area is 153 Å². The number of carboxylic acid groups (broad SMARTS) is 1. The first-order chi connectivity index (χ1) is 12.6. The maximum atomic E-state index is 12.9. The van der Waals surface area contributed by atoms with Gasteiger partial charge in [0.2, 0.25) is 11.5 Å². The summed E-state index contributed by atoms with van der Waals surface area (Å²) in [6, 6.07) is 12.5. The lowest BCUT2D eigenvalue weighted by molar-refractivity contribution is -0.162. The number of nitrogens with zero attached hydrogens (tertiary/aromatic N) is 2. The molecule has 6 nitrogen and oxygen atoms in total. The standard InChI is InChI=1S/C20H24N2O4/c1-2-17(21-12-6-7-13-21)18(23)22-14-10-20(11-15-22,19(24)25)26-16-8-4-3-5-9-16/h3-9,12-13,17H,2,10-11,14-15H2,1H3,(H,24,25). The van der Waals surface area contributed by atoms with Crippen LogP contribution in [-0.4, -0.2) is 45.1 Å². The van der Waals surface area contributed by atoms with Crippen molar-refractivity contribution < 1.29 is 19.4 Å². The topological polar surface area (TPSA) is 71.8 Å². The lowest BCUT2D eigenvalue weighted by atomic mass is 9.90. The molecule has 1 amide bonds. The lowest BCUT2D eigenvalue weighted by Crippen LogP contribution is -2.55. The van der Waals surface area contributed by atoms with Crippen LogP contribution in [-0.2, 0) is 9.59 Å². The first-order valence-corrected chi connectivity index (χ1v) is 8.94. The van der Waals surface area contributed by atoms with E-state index in [1.807, 2.05) is 54.2 Å². The predicted molar refractivity (Wildman–Crippen MR) is 97.0 cm³/mol. The smallest absolute Gasteiger partial charge is 0.348 e. The molecule has 1 aliphatic heterocycles. The second-order valence-electron chi connectivity index (χ2n) is 6.59. The van der Waals surface area contributed by atoms with Gasteiger partial charge in [0, 0.05) is 38.3 Å². The molecule has 0 radical (unpaired) electrons. The molecule has 0 aliphatic carbocycles. The van der Waals surface area contributed by atoms with Crippen molar-refractivity contribution in [2.45, 2.75) is 37.8 Å². The second kappa shape index (κ2) is 7.64. The van der Waals surface area contributed by atoms with Crippen LogP contribution < -0.4 is 4.74 Å². The van der Waals surface area contributed by atoms with Crippen molar-refractivity contribution in [2.75, 3.05) is 13.1 Å². The minimum absolute atomic E-state index is 0.0300. The van der Waals surface area contributed by atoms with Crippen molar-refractivity contribution >= 4 is 11.9 Å². The third-order valence-corrected chi connectivity index (χ3v) is 4.99. The van der Waals surface area contributed by atoms with Crippen LogP contribution in [0, 0.1) is 0 Å². The third-order valence-electron chi connectivity index (χ3n) is 4.99. The number of carbonyl (C=O) groups excluding carboxylic acids is 1. The van der Waals surface area contributed by atoms with E-state index in [0.717, 1.165) is 0 Å². The number of rotatable bonds is 6. The van der Waals surface area contributed by atoms with Crippen LogP contribution in [0.1, 0.15) is 32.2 Å². The Kier molecular flexibility index (Phi) is 5.30. The molecule has 0 bridgehead atoms. The number of aliphatic carboxylic acids is 1. The summed E-state index contributed by atoms with van der Waals surface area (Å²) in [5.41, 5.74) is -1.28. The average molecular weight is 356 g/mol. The number of benzene rings is 1. The largest absolute Gasteiger partial charge is 0.478 e. The van der Waals surface area contributed by atoms with Gasteiger partial charge in [0.05, 0.1) is 0 Å². The highest BCUT2D eigenvalue weighted by atomic mass is 16.5. The highest BCUT2D eigenvalue weighted by Gasteiger charge is 2.45. The summed E-state index contributed by atoms with van der Waals surface area (Å²) < 4.78 is 7.75. The van der Waals surface area contributed by atoms with Gasteiger partial charge in [-0.25, -0.2) is 4.79 Å². The molecule has 138 valence electrons. The number of likely N-dealkylation sites (tertiary alicyclic amines) is 1. The number of hydrogen-bond donors (Lipinski definition) is 1. The fourth-order valence-corrected chi connectivity index (χ4v) is 3.44. The highest BCUT2D eigenvalue weighted by molar-refractivity contribution is 5.82. The Bertz CT molecular complexity index is 734. The number of ether oxygens (including phenoxy) is 1. The highest BCUT2D eigenvalue weighted by Crippen LogP contribution is 2.30. The molecule has 3 rings (SSSR count). The van der Waals surface area contributed by atoms with Gasteiger partial charge in [-0.3, -0.25) is 4.79 Å². The Balaban J connectivity index is 1.70. The van der Waals surface area contributed by atoms with Gasteiger partial charge in [-0.05, 0) is 30.7 Å². The van der Waals surface area contributed by atoms with Crippen molar-refractivity contribution in [1.29, 1.82) is 0 Å². The van der Waals surface area contributed by atoms with Gasteiger partial charge >= 0.3 is 5.97 Å². The number of carboxylic acids is 1. The quantitative estimate of drug-likeness (QED) is 0.864. The molecule has 0 saturated carbocycles. The van der Waals surface area contributed by atoms with Crippen LogP contribution in [0.15, 0.2) is 54.9 Å². The van der Waals surface area contributed by atoms with Crippen molar-refractivity contribution in [2.24, 2.45) is 0 Å². The van der Waals surface area contributed by atoms with E-state index in [9.17, 15) is 14.7 Å². The molecule has 6 heteroatoms. The molecule has 0 spiro atoms. The van der Waals surface area contributed by atoms with Gasteiger partial charge in [-0.15, -0.1) is 0 Å². The number of hydrogen-bond acceptors (Lipinski definition) is 3. The number of para-hydroxylation sites is 1. The summed E-state index contributed by atoms with van der Waals surface area (Å²) in [5, 5.41) is 9.75. The lowest BCUT2D eigenvalue weighted by Gasteiger charge is -2.40. The maximum Gasteiger partial charge on any atom is 0.348 e. The van der Waals surface area contributed by atoms with Crippen molar-refractivity contribution in [3.05, 3.63) is 54.9 Å². The Morgan fingerprint density at radius 1 is 1.12 bits per heavy atom. The Morgan fingerprint density at radius 2 is 1.73 bits per heavy atom. The van der Waals surface area contributed by atoms with Crippen LogP contribution in [0.5, 0.6) is 5.75 Å².